The van der Waals surface area contributed by atoms with Gasteiger partial charge in [0.1, 0.15) is 24.1 Å². The summed E-state index contributed by atoms with van der Waals surface area (Å²) in [5.74, 6) is 2.72. The van der Waals surface area contributed by atoms with Crippen LogP contribution in [0.2, 0.25) is 0 Å². The van der Waals surface area contributed by atoms with E-state index in [1.165, 1.54) is 10.5 Å². The smallest absolute Gasteiger partial charge is 0.158 e. The number of hydrogen-bond donors (Lipinski definition) is 3. The van der Waals surface area contributed by atoms with Crippen molar-refractivity contribution in [1.29, 1.82) is 0 Å². The summed E-state index contributed by atoms with van der Waals surface area (Å²) in [4.78, 5) is 3.91. The molecular weight excluding hydrogens is 356 g/mol. The van der Waals surface area contributed by atoms with Crippen LogP contribution in [0.25, 0.3) is 0 Å². The molecule has 1 unspecified atom stereocenters. The summed E-state index contributed by atoms with van der Waals surface area (Å²) in [6.45, 7) is 9.37. The minimum Gasteiger partial charge on any atom is -0.494 e. The molecule has 2 aromatic rings. The van der Waals surface area contributed by atoms with E-state index in [0.29, 0.717) is 12.6 Å². The molecule has 1 fully saturated rings. The van der Waals surface area contributed by atoms with Crippen LogP contribution in [0.3, 0.4) is 0 Å². The number of hydrogen-bond acceptors (Lipinski definition) is 5. The van der Waals surface area contributed by atoms with Crippen LogP contribution < -0.4 is 9.64 Å². The number of piperazine rings is 1. The molecule has 154 valence electrons. The van der Waals surface area contributed by atoms with Crippen molar-refractivity contribution >= 4 is 0 Å². The molecule has 0 radical (unpaired) electrons. The maximum absolute atomic E-state index is 9.63. The molecule has 0 spiro atoms. The van der Waals surface area contributed by atoms with E-state index in [0.717, 1.165) is 62.0 Å². The van der Waals surface area contributed by atoms with Gasteiger partial charge in [-0.25, -0.2) is 0 Å². The zero-order valence-electron chi connectivity index (χ0n) is 17.0. The Morgan fingerprint density at radius 2 is 2.11 bits per heavy atom. The third-order valence-electron chi connectivity index (χ3n) is 5.48. The number of aliphatic hydroxyl groups excluding tert-OH is 2. The summed E-state index contributed by atoms with van der Waals surface area (Å²) in [6, 6.07) is 10.5. The van der Waals surface area contributed by atoms with E-state index in [1.807, 2.05) is 32.0 Å². The second kappa shape index (κ2) is 10.1. The van der Waals surface area contributed by atoms with Crippen LogP contribution in [0, 0.1) is 6.92 Å². The maximum atomic E-state index is 9.63. The van der Waals surface area contributed by atoms with E-state index in [-0.39, 0.29) is 13.2 Å². The van der Waals surface area contributed by atoms with Crippen LogP contribution in [0.5, 0.6) is 5.75 Å². The summed E-state index contributed by atoms with van der Waals surface area (Å²) < 4.78 is 11.3. The van der Waals surface area contributed by atoms with Gasteiger partial charge in [-0.1, -0.05) is 6.07 Å². The molecule has 1 aromatic carbocycles. The van der Waals surface area contributed by atoms with Gasteiger partial charge in [0.15, 0.2) is 5.76 Å². The number of ether oxygens (including phenoxy) is 1. The summed E-state index contributed by atoms with van der Waals surface area (Å²) in [5, 5.41) is 19.2. The van der Waals surface area contributed by atoms with Gasteiger partial charge in [0, 0.05) is 31.7 Å². The molecule has 1 saturated heterocycles. The van der Waals surface area contributed by atoms with Crippen molar-refractivity contribution in [1.82, 2.24) is 4.90 Å². The predicted molar refractivity (Wildman–Crippen MR) is 107 cm³/mol. The van der Waals surface area contributed by atoms with Crippen molar-refractivity contribution in [3.8, 4) is 5.75 Å². The van der Waals surface area contributed by atoms with Crippen LogP contribution in [0.4, 0.5) is 0 Å². The molecule has 1 aliphatic rings. The Bertz CT molecular complexity index is 746. The molecule has 0 aliphatic carbocycles. The predicted octanol–water partition coefficient (Wildman–Crippen LogP) is 1.13. The Morgan fingerprint density at radius 3 is 2.79 bits per heavy atom. The number of aliphatic hydroxyl groups is 2. The van der Waals surface area contributed by atoms with Gasteiger partial charge in [-0.15, -0.1) is 0 Å². The van der Waals surface area contributed by atoms with E-state index in [2.05, 4.69) is 17.0 Å². The molecule has 6 heteroatoms. The summed E-state index contributed by atoms with van der Waals surface area (Å²) >= 11 is 0. The van der Waals surface area contributed by atoms with Crippen molar-refractivity contribution in [3.63, 3.8) is 0 Å². The van der Waals surface area contributed by atoms with Crippen molar-refractivity contribution in [2.45, 2.75) is 46.0 Å². The SMILES string of the molecule is CCOc1ccc(CN2CC[NH+](Cc3ccc(C)o3)[C@@H](CCO)C2)cc1CO. The van der Waals surface area contributed by atoms with Crippen LogP contribution >= 0.6 is 0 Å². The van der Waals surface area contributed by atoms with Gasteiger partial charge in [-0.05, 0) is 43.7 Å². The molecule has 0 saturated carbocycles. The summed E-state index contributed by atoms with van der Waals surface area (Å²) in [7, 11) is 0. The average molecular weight is 390 g/mol. The first-order chi connectivity index (χ1) is 13.6. The molecule has 0 bridgehead atoms. The lowest BCUT2D eigenvalue weighted by Crippen LogP contribution is -3.17. The molecule has 2 heterocycles. The summed E-state index contributed by atoms with van der Waals surface area (Å²) in [5.41, 5.74) is 2.02. The van der Waals surface area contributed by atoms with Crippen LogP contribution in [0.1, 0.15) is 36.0 Å². The Kier molecular flexibility index (Phi) is 7.50. The van der Waals surface area contributed by atoms with Crippen molar-refractivity contribution in [2.75, 3.05) is 32.8 Å². The first kappa shape index (κ1) is 20.9. The standard InChI is InChI=1S/C22H32N2O4/c1-3-27-22-7-5-18(12-19(22)16-26)13-23-9-10-24(20(14-23)8-11-25)15-21-6-4-17(2)28-21/h4-7,12,20,25-26H,3,8-11,13-16H2,1-2H3/p+1/t20-/m0/s1. The van der Waals surface area contributed by atoms with E-state index in [9.17, 15) is 10.2 Å². The van der Waals surface area contributed by atoms with Gasteiger partial charge in [0.2, 0.25) is 0 Å². The molecule has 28 heavy (non-hydrogen) atoms. The van der Waals surface area contributed by atoms with Crippen LogP contribution in [-0.4, -0.2) is 54.0 Å². The van der Waals surface area contributed by atoms with E-state index >= 15 is 0 Å². The monoisotopic (exact) mass is 389 g/mol. The number of rotatable bonds is 9. The van der Waals surface area contributed by atoms with Gasteiger partial charge in [0.25, 0.3) is 0 Å². The van der Waals surface area contributed by atoms with Gasteiger partial charge >= 0.3 is 0 Å². The Hall–Kier alpha value is -1.86. The molecule has 3 rings (SSSR count). The fourth-order valence-corrected chi connectivity index (χ4v) is 4.08. The first-order valence-corrected chi connectivity index (χ1v) is 10.2. The highest BCUT2D eigenvalue weighted by Crippen LogP contribution is 2.21. The topological polar surface area (TPSA) is 70.5 Å². The van der Waals surface area contributed by atoms with Gasteiger partial charge in [0.05, 0.1) is 26.3 Å². The third-order valence-corrected chi connectivity index (χ3v) is 5.48. The number of nitrogens with zero attached hydrogens (tertiary/aromatic N) is 1. The number of aryl methyl sites for hydroxylation is 1. The first-order valence-electron chi connectivity index (χ1n) is 10.2. The molecular formula is C22H33N2O4+. The molecule has 3 N–H and O–H groups in total. The fraction of sp³-hybridized carbons (Fsp3) is 0.545. The lowest BCUT2D eigenvalue weighted by atomic mass is 10.1. The van der Waals surface area contributed by atoms with Gasteiger partial charge < -0.3 is 24.3 Å². The van der Waals surface area contributed by atoms with E-state index in [1.54, 1.807) is 0 Å². The largest absolute Gasteiger partial charge is 0.494 e. The quantitative estimate of drug-likeness (QED) is 0.600. The van der Waals surface area contributed by atoms with Crippen molar-refractivity contribution in [3.05, 3.63) is 53.0 Å². The minimum absolute atomic E-state index is 0.0171. The zero-order valence-corrected chi connectivity index (χ0v) is 17.0. The highest BCUT2D eigenvalue weighted by atomic mass is 16.5. The normalized spacial score (nSPS) is 20.4. The Labute approximate surface area is 167 Å². The molecule has 0 amide bonds. The van der Waals surface area contributed by atoms with Crippen molar-refractivity contribution < 1.29 is 24.3 Å². The fourth-order valence-electron chi connectivity index (χ4n) is 4.08. The lowest BCUT2D eigenvalue weighted by Gasteiger charge is -2.38. The highest BCUT2D eigenvalue weighted by Gasteiger charge is 2.30. The van der Waals surface area contributed by atoms with Crippen LogP contribution in [0.15, 0.2) is 34.7 Å². The zero-order chi connectivity index (χ0) is 19.9. The maximum Gasteiger partial charge on any atom is 0.158 e. The number of quaternary nitrogens is 1. The third kappa shape index (κ3) is 5.35. The number of nitrogens with one attached hydrogen (secondary N) is 1. The highest BCUT2D eigenvalue weighted by molar-refractivity contribution is 5.37. The lowest BCUT2D eigenvalue weighted by molar-refractivity contribution is -0.944. The number of furan rings is 1. The van der Waals surface area contributed by atoms with Gasteiger partial charge in [-0.2, -0.15) is 0 Å². The van der Waals surface area contributed by atoms with E-state index < -0.39 is 0 Å². The molecule has 2 atom stereocenters. The van der Waals surface area contributed by atoms with E-state index in [4.69, 9.17) is 9.15 Å². The molecule has 1 aliphatic heterocycles. The minimum atomic E-state index is -0.0171. The Balaban J connectivity index is 1.63. The van der Waals surface area contributed by atoms with Crippen molar-refractivity contribution in [2.24, 2.45) is 0 Å². The molecule has 6 nitrogen and oxygen atoms in total. The summed E-state index contributed by atoms with van der Waals surface area (Å²) in [6.07, 6.45) is 0.788. The number of benzene rings is 1. The Morgan fingerprint density at radius 1 is 1.25 bits per heavy atom. The molecule has 1 aromatic heterocycles. The average Bonchev–Trinajstić information content (AvgIpc) is 3.10. The van der Waals surface area contributed by atoms with Crippen LogP contribution in [-0.2, 0) is 19.7 Å². The van der Waals surface area contributed by atoms with Gasteiger partial charge in [-0.3, -0.25) is 4.90 Å². The second-order valence-corrected chi connectivity index (χ2v) is 7.57. The second-order valence-electron chi connectivity index (χ2n) is 7.57.